The quantitative estimate of drug-likeness (QED) is 0.837. The van der Waals surface area contributed by atoms with Gasteiger partial charge >= 0.3 is 0 Å². The molecular formula is C15H16N2O3. The summed E-state index contributed by atoms with van der Waals surface area (Å²) >= 11 is 0. The van der Waals surface area contributed by atoms with Crippen LogP contribution in [0.4, 0.5) is 0 Å². The normalized spacial score (nSPS) is 11.7. The van der Waals surface area contributed by atoms with E-state index in [-0.39, 0.29) is 5.91 Å². The summed E-state index contributed by atoms with van der Waals surface area (Å²) in [6.07, 6.45) is -0.706. The number of benzene rings is 2. The summed E-state index contributed by atoms with van der Waals surface area (Å²) in [6.45, 7) is 2.93. The first-order valence-corrected chi connectivity index (χ1v) is 6.28. The lowest BCUT2D eigenvalue weighted by atomic mass is 10.1. The Kier molecular flexibility index (Phi) is 4.20. The van der Waals surface area contributed by atoms with Gasteiger partial charge in [0.15, 0.2) is 6.10 Å². The number of nitrogens with one attached hydrogen (secondary N) is 2. The molecule has 0 aromatic heterocycles. The van der Waals surface area contributed by atoms with Gasteiger partial charge in [-0.05, 0) is 29.8 Å². The average Bonchev–Trinajstić information content (AvgIpc) is 2.44. The van der Waals surface area contributed by atoms with E-state index in [0.29, 0.717) is 5.75 Å². The van der Waals surface area contributed by atoms with Crippen LogP contribution in [0.25, 0.3) is 10.8 Å². The van der Waals surface area contributed by atoms with E-state index in [0.717, 1.165) is 10.8 Å². The van der Waals surface area contributed by atoms with Gasteiger partial charge in [-0.3, -0.25) is 20.4 Å². The van der Waals surface area contributed by atoms with Crippen molar-refractivity contribution in [3.05, 3.63) is 42.5 Å². The Labute approximate surface area is 116 Å². The van der Waals surface area contributed by atoms with Crippen LogP contribution in [0.15, 0.2) is 42.5 Å². The summed E-state index contributed by atoms with van der Waals surface area (Å²) < 4.78 is 5.55. The highest BCUT2D eigenvalue weighted by Gasteiger charge is 2.14. The van der Waals surface area contributed by atoms with Crippen LogP contribution in [0, 0.1) is 0 Å². The van der Waals surface area contributed by atoms with Gasteiger partial charge in [-0.25, -0.2) is 0 Å². The molecule has 2 rings (SSSR count). The van der Waals surface area contributed by atoms with Gasteiger partial charge in [-0.1, -0.05) is 30.3 Å². The molecule has 0 fully saturated rings. The summed E-state index contributed by atoms with van der Waals surface area (Å²) in [5.41, 5.74) is 4.50. The highest BCUT2D eigenvalue weighted by molar-refractivity contribution is 5.85. The molecule has 2 aromatic carbocycles. The predicted octanol–water partition coefficient (Wildman–Crippen LogP) is 1.77. The van der Waals surface area contributed by atoms with Gasteiger partial charge in [-0.2, -0.15) is 0 Å². The van der Waals surface area contributed by atoms with Crippen molar-refractivity contribution >= 4 is 22.6 Å². The number of hydrogen-bond donors (Lipinski definition) is 2. The summed E-state index contributed by atoms with van der Waals surface area (Å²) in [7, 11) is 0. The van der Waals surface area contributed by atoms with Crippen molar-refractivity contribution in [1.29, 1.82) is 0 Å². The van der Waals surface area contributed by atoms with Gasteiger partial charge in [-0.15, -0.1) is 0 Å². The zero-order valence-corrected chi connectivity index (χ0v) is 11.3. The first kappa shape index (κ1) is 13.9. The lowest BCUT2D eigenvalue weighted by Gasteiger charge is -2.15. The smallest absolute Gasteiger partial charge is 0.279 e. The Balaban J connectivity index is 2.03. The topological polar surface area (TPSA) is 67.4 Å². The van der Waals surface area contributed by atoms with E-state index in [1.165, 1.54) is 6.92 Å². The SMILES string of the molecule is CC(=O)NNC(=O)[C@H](C)Oc1ccc2ccccc2c1. The highest BCUT2D eigenvalue weighted by Crippen LogP contribution is 2.21. The third kappa shape index (κ3) is 3.47. The molecule has 1 atom stereocenters. The number of carbonyl (C=O) groups is 2. The number of hydrazine groups is 1. The Bertz CT molecular complexity index is 640. The molecule has 0 spiro atoms. The maximum Gasteiger partial charge on any atom is 0.279 e. The second-order valence-electron chi connectivity index (χ2n) is 4.44. The molecule has 2 amide bonds. The minimum absolute atomic E-state index is 0.337. The molecule has 104 valence electrons. The van der Waals surface area contributed by atoms with Crippen molar-refractivity contribution in [2.45, 2.75) is 20.0 Å². The van der Waals surface area contributed by atoms with Crippen LogP contribution >= 0.6 is 0 Å². The van der Waals surface area contributed by atoms with Crippen LogP contribution < -0.4 is 15.6 Å². The lowest BCUT2D eigenvalue weighted by molar-refractivity contribution is -0.132. The number of hydrogen-bond acceptors (Lipinski definition) is 3. The van der Waals surface area contributed by atoms with E-state index in [4.69, 9.17) is 4.74 Å². The van der Waals surface area contributed by atoms with E-state index >= 15 is 0 Å². The lowest BCUT2D eigenvalue weighted by Crippen LogP contribution is -2.46. The van der Waals surface area contributed by atoms with Gasteiger partial charge < -0.3 is 4.74 Å². The van der Waals surface area contributed by atoms with Crippen molar-refractivity contribution < 1.29 is 14.3 Å². The molecule has 0 radical (unpaired) electrons. The summed E-state index contributed by atoms with van der Waals surface area (Å²) in [5.74, 6) is -0.140. The molecule has 2 aromatic rings. The van der Waals surface area contributed by atoms with Crippen LogP contribution in [0.1, 0.15) is 13.8 Å². The van der Waals surface area contributed by atoms with E-state index in [1.807, 2.05) is 42.5 Å². The first-order valence-electron chi connectivity index (χ1n) is 6.28. The molecule has 5 heteroatoms. The summed E-state index contributed by atoms with van der Waals surface area (Å²) in [4.78, 5) is 22.4. The second kappa shape index (κ2) is 6.06. The fourth-order valence-electron chi connectivity index (χ4n) is 1.75. The van der Waals surface area contributed by atoms with Crippen molar-refractivity contribution in [3.8, 4) is 5.75 Å². The number of fused-ring (bicyclic) bond motifs is 1. The fourth-order valence-corrected chi connectivity index (χ4v) is 1.75. The third-order valence-electron chi connectivity index (χ3n) is 2.76. The number of amides is 2. The molecule has 0 aliphatic rings. The molecule has 20 heavy (non-hydrogen) atoms. The Hall–Kier alpha value is -2.56. The van der Waals surface area contributed by atoms with Crippen molar-refractivity contribution in [3.63, 3.8) is 0 Å². The fraction of sp³-hybridized carbons (Fsp3) is 0.200. The molecule has 0 heterocycles. The zero-order chi connectivity index (χ0) is 14.5. The Morgan fingerprint density at radius 2 is 1.75 bits per heavy atom. The number of carbonyl (C=O) groups excluding carboxylic acids is 2. The van der Waals surface area contributed by atoms with Gasteiger partial charge in [0.1, 0.15) is 5.75 Å². The largest absolute Gasteiger partial charge is 0.481 e. The zero-order valence-electron chi connectivity index (χ0n) is 11.3. The van der Waals surface area contributed by atoms with Crippen molar-refractivity contribution in [1.82, 2.24) is 10.9 Å². The minimum atomic E-state index is -0.706. The van der Waals surface area contributed by atoms with Gasteiger partial charge in [0.25, 0.3) is 5.91 Å². The Morgan fingerprint density at radius 3 is 2.45 bits per heavy atom. The van der Waals surface area contributed by atoms with Crippen LogP contribution in [-0.4, -0.2) is 17.9 Å². The summed E-state index contributed by atoms with van der Waals surface area (Å²) in [5, 5.41) is 2.15. The monoisotopic (exact) mass is 272 g/mol. The number of ether oxygens (including phenoxy) is 1. The number of rotatable bonds is 3. The molecule has 2 N–H and O–H groups in total. The molecule has 0 bridgehead atoms. The van der Waals surface area contributed by atoms with Crippen molar-refractivity contribution in [2.24, 2.45) is 0 Å². The highest BCUT2D eigenvalue weighted by atomic mass is 16.5. The molecule has 0 aliphatic heterocycles. The first-order chi connectivity index (χ1) is 9.56. The standard InChI is InChI=1S/C15H16N2O3/c1-10(15(19)17-16-11(2)18)20-14-8-7-12-5-3-4-6-13(12)9-14/h3-10H,1-2H3,(H,16,18)(H,17,19)/t10-/m0/s1. The van der Waals surface area contributed by atoms with Gasteiger partial charge in [0.2, 0.25) is 5.91 Å². The van der Waals surface area contributed by atoms with E-state index < -0.39 is 12.0 Å². The van der Waals surface area contributed by atoms with E-state index in [1.54, 1.807) is 6.92 Å². The average molecular weight is 272 g/mol. The molecule has 0 aliphatic carbocycles. The predicted molar refractivity (Wildman–Crippen MR) is 76.0 cm³/mol. The summed E-state index contributed by atoms with van der Waals surface area (Å²) in [6, 6.07) is 13.5. The van der Waals surface area contributed by atoms with Gasteiger partial charge in [0, 0.05) is 6.92 Å². The van der Waals surface area contributed by atoms with Crippen LogP contribution in [-0.2, 0) is 9.59 Å². The molecule has 0 saturated heterocycles. The Morgan fingerprint density at radius 1 is 1.05 bits per heavy atom. The van der Waals surface area contributed by atoms with Crippen LogP contribution in [0.2, 0.25) is 0 Å². The van der Waals surface area contributed by atoms with Crippen molar-refractivity contribution in [2.75, 3.05) is 0 Å². The van der Waals surface area contributed by atoms with Gasteiger partial charge in [0.05, 0.1) is 0 Å². The minimum Gasteiger partial charge on any atom is -0.481 e. The molecule has 0 unspecified atom stereocenters. The van der Waals surface area contributed by atoms with E-state index in [2.05, 4.69) is 10.9 Å². The molecule has 5 nitrogen and oxygen atoms in total. The molecule has 0 saturated carbocycles. The molecular weight excluding hydrogens is 256 g/mol. The second-order valence-corrected chi connectivity index (χ2v) is 4.44. The van der Waals surface area contributed by atoms with E-state index in [9.17, 15) is 9.59 Å². The van der Waals surface area contributed by atoms with Crippen LogP contribution in [0.3, 0.4) is 0 Å². The maximum absolute atomic E-state index is 11.7. The van der Waals surface area contributed by atoms with Crippen LogP contribution in [0.5, 0.6) is 5.75 Å². The maximum atomic E-state index is 11.7. The third-order valence-corrected chi connectivity index (χ3v) is 2.76.